The molecule has 0 radical (unpaired) electrons. The predicted octanol–water partition coefficient (Wildman–Crippen LogP) is 6.16. The highest BCUT2D eigenvalue weighted by molar-refractivity contribution is 7.80. The molecule has 12 heteroatoms. The number of aromatic nitrogens is 3. The van der Waals surface area contributed by atoms with Crippen molar-refractivity contribution in [3.63, 3.8) is 0 Å². The second kappa shape index (κ2) is 13.1. The van der Waals surface area contributed by atoms with Gasteiger partial charge >= 0.3 is 12.4 Å². The molecule has 1 heterocycles. The van der Waals surface area contributed by atoms with E-state index in [4.69, 9.17) is 12.2 Å². The number of para-hydroxylation sites is 1. The van der Waals surface area contributed by atoms with E-state index in [9.17, 15) is 18.0 Å². The maximum Gasteiger partial charge on any atom is 0.573 e. The number of anilines is 1. The van der Waals surface area contributed by atoms with E-state index in [1.54, 1.807) is 0 Å². The van der Waals surface area contributed by atoms with Crippen molar-refractivity contribution >= 4 is 29.0 Å². The zero-order chi connectivity index (χ0) is 28.5. The lowest BCUT2D eigenvalue weighted by Gasteiger charge is -2.12. The number of ether oxygens (including phenoxy) is 1. The molecule has 0 spiro atoms. The molecule has 4 aromatic rings. The number of halogens is 3. The Labute approximate surface area is 234 Å². The van der Waals surface area contributed by atoms with E-state index in [0.29, 0.717) is 18.1 Å². The zero-order valence-corrected chi connectivity index (χ0v) is 22.4. The number of benzene rings is 3. The Balaban J connectivity index is 1.18. The van der Waals surface area contributed by atoms with Crippen molar-refractivity contribution in [2.45, 2.75) is 32.5 Å². The maximum atomic E-state index is 12.3. The van der Waals surface area contributed by atoms with Gasteiger partial charge in [-0.25, -0.2) is 14.5 Å². The minimum atomic E-state index is -4.74. The molecular weight excluding hydrogens is 541 g/mol. The van der Waals surface area contributed by atoms with E-state index in [0.717, 1.165) is 41.6 Å². The molecule has 0 aliphatic carbocycles. The van der Waals surface area contributed by atoms with Crippen LogP contribution in [-0.4, -0.2) is 38.8 Å². The van der Waals surface area contributed by atoms with Crippen molar-refractivity contribution in [1.82, 2.24) is 25.4 Å². The van der Waals surface area contributed by atoms with Crippen LogP contribution in [-0.2, 0) is 6.42 Å². The Bertz CT molecular complexity index is 1440. The van der Waals surface area contributed by atoms with Crippen LogP contribution in [0.25, 0.3) is 17.1 Å². The van der Waals surface area contributed by atoms with Gasteiger partial charge in [0.1, 0.15) is 12.1 Å². The third-order valence-corrected chi connectivity index (χ3v) is 6.04. The van der Waals surface area contributed by atoms with Crippen LogP contribution < -0.4 is 20.7 Å². The summed E-state index contributed by atoms with van der Waals surface area (Å²) in [4.78, 5) is 16.4. The lowest BCUT2D eigenvalue weighted by molar-refractivity contribution is -0.274. The second-order valence-corrected chi connectivity index (χ2v) is 9.27. The molecule has 3 aromatic carbocycles. The standard InChI is InChI=1S/C28H27F3N6O2S/c1-19-6-2-3-8-24(19)34-27(40)35-26(38)32-17-5-4-7-20-9-11-21(12-10-20)25-33-18-37(36-25)22-13-15-23(16-14-22)39-28(29,30)31/h2-3,6,8-16,18H,4-5,7,17H2,1H3,(H3,32,34,35,38,40). The molecule has 0 aliphatic rings. The first-order valence-corrected chi connectivity index (χ1v) is 12.9. The minimum Gasteiger partial charge on any atom is -0.406 e. The third kappa shape index (κ3) is 8.53. The van der Waals surface area contributed by atoms with Crippen molar-refractivity contribution in [1.29, 1.82) is 0 Å². The van der Waals surface area contributed by atoms with Gasteiger partial charge in [0.05, 0.1) is 5.69 Å². The largest absolute Gasteiger partial charge is 0.573 e. The first-order chi connectivity index (χ1) is 19.2. The fourth-order valence-electron chi connectivity index (χ4n) is 3.81. The summed E-state index contributed by atoms with van der Waals surface area (Å²) in [5, 5.41) is 13.1. The van der Waals surface area contributed by atoms with Crippen LogP contribution in [0.2, 0.25) is 0 Å². The molecule has 4 rings (SSSR count). The highest BCUT2D eigenvalue weighted by atomic mass is 32.1. The number of nitrogens with one attached hydrogen (secondary N) is 3. The van der Waals surface area contributed by atoms with Gasteiger partial charge in [0, 0.05) is 17.8 Å². The summed E-state index contributed by atoms with van der Waals surface area (Å²) in [6, 6.07) is 20.5. The highest BCUT2D eigenvalue weighted by Gasteiger charge is 2.31. The number of nitrogens with zero attached hydrogens (tertiary/aromatic N) is 3. The molecule has 0 unspecified atom stereocenters. The van der Waals surface area contributed by atoms with Gasteiger partial charge in [-0.2, -0.15) is 0 Å². The van der Waals surface area contributed by atoms with Gasteiger partial charge in [-0.05, 0) is 79.9 Å². The monoisotopic (exact) mass is 568 g/mol. The first-order valence-electron chi connectivity index (χ1n) is 12.4. The van der Waals surface area contributed by atoms with E-state index in [-0.39, 0.29) is 16.9 Å². The summed E-state index contributed by atoms with van der Waals surface area (Å²) in [6.45, 7) is 2.47. The van der Waals surface area contributed by atoms with Crippen molar-refractivity contribution in [3.8, 4) is 22.8 Å². The number of amides is 2. The number of aryl methyl sites for hydroxylation is 2. The molecule has 2 amide bonds. The molecular formula is C28H27F3N6O2S. The fraction of sp³-hybridized carbons (Fsp3) is 0.214. The Hall–Kier alpha value is -4.45. The molecule has 0 atom stereocenters. The van der Waals surface area contributed by atoms with Crippen molar-refractivity contribution in [2.24, 2.45) is 0 Å². The SMILES string of the molecule is Cc1ccccc1NC(=S)NC(=O)NCCCCc1ccc(-c2ncn(-c3ccc(OC(F)(F)F)cc3)n2)cc1. The number of unbranched alkanes of at least 4 members (excludes halogenated alkanes) is 1. The first kappa shape index (κ1) is 28.6. The van der Waals surface area contributed by atoms with Gasteiger partial charge in [-0.1, -0.05) is 42.5 Å². The number of rotatable bonds is 9. The molecule has 40 heavy (non-hydrogen) atoms. The number of alkyl halides is 3. The molecule has 0 bridgehead atoms. The molecule has 0 saturated carbocycles. The van der Waals surface area contributed by atoms with Crippen molar-refractivity contribution in [2.75, 3.05) is 11.9 Å². The second-order valence-electron chi connectivity index (χ2n) is 8.86. The molecule has 8 nitrogen and oxygen atoms in total. The Morgan fingerprint density at radius 3 is 2.42 bits per heavy atom. The van der Waals surface area contributed by atoms with Gasteiger partial charge in [-0.3, -0.25) is 5.32 Å². The van der Waals surface area contributed by atoms with Gasteiger partial charge in [0.25, 0.3) is 0 Å². The molecule has 208 valence electrons. The van der Waals surface area contributed by atoms with E-state index in [1.807, 2.05) is 55.5 Å². The predicted molar refractivity (Wildman–Crippen MR) is 150 cm³/mol. The summed E-state index contributed by atoms with van der Waals surface area (Å²) < 4.78 is 42.4. The summed E-state index contributed by atoms with van der Waals surface area (Å²) >= 11 is 5.20. The molecule has 0 aliphatic heterocycles. The van der Waals surface area contributed by atoms with E-state index in [1.165, 1.54) is 35.3 Å². The smallest absolute Gasteiger partial charge is 0.406 e. The van der Waals surface area contributed by atoms with Crippen LogP contribution in [0.3, 0.4) is 0 Å². The highest BCUT2D eigenvalue weighted by Crippen LogP contribution is 2.24. The van der Waals surface area contributed by atoms with Crippen LogP contribution in [0, 0.1) is 6.92 Å². The van der Waals surface area contributed by atoms with Gasteiger partial charge < -0.3 is 15.4 Å². The summed E-state index contributed by atoms with van der Waals surface area (Å²) in [7, 11) is 0. The molecule has 0 saturated heterocycles. The lowest BCUT2D eigenvalue weighted by atomic mass is 10.1. The average molecular weight is 569 g/mol. The van der Waals surface area contributed by atoms with Crippen LogP contribution in [0.5, 0.6) is 5.75 Å². The quantitative estimate of drug-likeness (QED) is 0.165. The Morgan fingerprint density at radius 2 is 1.73 bits per heavy atom. The van der Waals surface area contributed by atoms with Gasteiger partial charge in [0.2, 0.25) is 0 Å². The summed E-state index contributed by atoms with van der Waals surface area (Å²) in [6.07, 6.45) is -0.725. The van der Waals surface area contributed by atoms with E-state index >= 15 is 0 Å². The number of urea groups is 1. The topological polar surface area (TPSA) is 93.1 Å². The molecule has 1 aromatic heterocycles. The Kier molecular flexibility index (Phi) is 9.33. The number of hydrogen-bond acceptors (Lipinski definition) is 5. The van der Waals surface area contributed by atoms with E-state index in [2.05, 4.69) is 30.8 Å². The van der Waals surface area contributed by atoms with Gasteiger partial charge in [0.15, 0.2) is 10.9 Å². The molecule has 0 fully saturated rings. The normalized spacial score (nSPS) is 11.1. The third-order valence-electron chi connectivity index (χ3n) is 5.84. The molecule has 3 N–H and O–H groups in total. The van der Waals surface area contributed by atoms with Crippen molar-refractivity contribution < 1.29 is 22.7 Å². The number of hydrogen-bond donors (Lipinski definition) is 3. The average Bonchev–Trinajstić information content (AvgIpc) is 3.40. The fourth-order valence-corrected chi connectivity index (χ4v) is 4.01. The lowest BCUT2D eigenvalue weighted by Crippen LogP contribution is -2.41. The zero-order valence-electron chi connectivity index (χ0n) is 21.5. The Morgan fingerprint density at radius 1 is 1.00 bits per heavy atom. The van der Waals surface area contributed by atoms with Crippen LogP contribution in [0.1, 0.15) is 24.0 Å². The van der Waals surface area contributed by atoms with Crippen LogP contribution in [0.15, 0.2) is 79.1 Å². The van der Waals surface area contributed by atoms with Crippen molar-refractivity contribution in [3.05, 3.63) is 90.3 Å². The minimum absolute atomic E-state index is 0.236. The van der Waals surface area contributed by atoms with Gasteiger partial charge in [-0.15, -0.1) is 18.3 Å². The number of carbonyl (C=O) groups excluding carboxylic acids is 1. The summed E-state index contributed by atoms with van der Waals surface area (Å²) in [5.41, 5.74) is 4.37. The van der Waals surface area contributed by atoms with Crippen LogP contribution >= 0.6 is 12.2 Å². The summed E-state index contributed by atoms with van der Waals surface area (Å²) in [5.74, 6) is 0.189. The number of thiocarbonyl (C=S) groups is 1. The number of carbonyl (C=O) groups is 1. The van der Waals surface area contributed by atoms with Crippen LogP contribution in [0.4, 0.5) is 23.7 Å². The maximum absolute atomic E-state index is 12.3. The van der Waals surface area contributed by atoms with E-state index < -0.39 is 6.36 Å².